The van der Waals surface area contributed by atoms with Crippen molar-refractivity contribution in [1.82, 2.24) is 25.2 Å². The van der Waals surface area contributed by atoms with E-state index in [2.05, 4.69) is 20.5 Å². The van der Waals surface area contributed by atoms with Gasteiger partial charge in [0.15, 0.2) is 0 Å². The second kappa shape index (κ2) is 6.62. The fourth-order valence-electron chi connectivity index (χ4n) is 2.11. The molecule has 23 heavy (non-hydrogen) atoms. The van der Waals surface area contributed by atoms with Crippen LogP contribution < -0.4 is 0 Å². The summed E-state index contributed by atoms with van der Waals surface area (Å²) >= 11 is 6.90. The van der Waals surface area contributed by atoms with Crippen molar-refractivity contribution in [3.8, 4) is 0 Å². The van der Waals surface area contributed by atoms with Crippen LogP contribution in [0.15, 0.2) is 22.4 Å². The highest BCUT2D eigenvalue weighted by Gasteiger charge is 2.32. The molecule has 124 valence electrons. The maximum Gasteiger partial charge on any atom is 0.417 e. The first kappa shape index (κ1) is 16.5. The topological polar surface area (TPSA) is 65.7 Å². The monoisotopic (exact) mass is 365 g/mol. The summed E-state index contributed by atoms with van der Waals surface area (Å²) in [7, 11) is 0. The molecular weight excluding hydrogens is 355 g/mol. The lowest BCUT2D eigenvalue weighted by atomic mass is 10.2. The number of ether oxygens (including phenoxy) is 1. The zero-order valence-corrected chi connectivity index (χ0v) is 13.2. The van der Waals surface area contributed by atoms with Crippen LogP contribution in [0.4, 0.5) is 13.2 Å². The van der Waals surface area contributed by atoms with Crippen LogP contribution in [0.25, 0.3) is 0 Å². The van der Waals surface area contributed by atoms with E-state index >= 15 is 0 Å². The van der Waals surface area contributed by atoms with Gasteiger partial charge < -0.3 is 4.74 Å². The molecule has 0 bridgehead atoms. The minimum Gasteiger partial charge on any atom is -0.376 e. The SMILES string of the molecule is FC(F)(F)c1cnc(Sc2nnnn2CC2CCCO2)c(Cl)c1. The maximum absolute atomic E-state index is 12.6. The predicted octanol–water partition coefficient (Wildman–Crippen LogP) is 3.07. The van der Waals surface area contributed by atoms with Gasteiger partial charge in [-0.25, -0.2) is 9.67 Å². The maximum atomic E-state index is 12.6. The van der Waals surface area contributed by atoms with E-state index in [9.17, 15) is 13.2 Å². The molecule has 3 heterocycles. The molecule has 1 atom stereocenters. The van der Waals surface area contributed by atoms with Crippen molar-refractivity contribution < 1.29 is 17.9 Å². The number of alkyl halides is 3. The first-order valence-electron chi connectivity index (χ1n) is 6.72. The fourth-order valence-corrected chi connectivity index (χ4v) is 3.12. The number of halogens is 4. The summed E-state index contributed by atoms with van der Waals surface area (Å²) in [5, 5.41) is 11.8. The number of nitrogens with zero attached hydrogens (tertiary/aromatic N) is 5. The highest BCUT2D eigenvalue weighted by atomic mass is 35.5. The van der Waals surface area contributed by atoms with Crippen LogP contribution in [0.1, 0.15) is 18.4 Å². The third kappa shape index (κ3) is 3.93. The molecule has 2 aromatic heterocycles. The first-order valence-corrected chi connectivity index (χ1v) is 7.91. The van der Waals surface area contributed by atoms with E-state index in [-0.39, 0.29) is 16.2 Å². The summed E-state index contributed by atoms with van der Waals surface area (Å²) < 4.78 is 44.9. The van der Waals surface area contributed by atoms with Crippen molar-refractivity contribution in [2.24, 2.45) is 0 Å². The van der Waals surface area contributed by atoms with Gasteiger partial charge in [0.2, 0.25) is 5.16 Å². The van der Waals surface area contributed by atoms with Gasteiger partial charge in [0.1, 0.15) is 5.03 Å². The molecule has 6 nitrogen and oxygen atoms in total. The average molecular weight is 366 g/mol. The van der Waals surface area contributed by atoms with Crippen LogP contribution in [0.5, 0.6) is 0 Å². The molecule has 0 N–H and O–H groups in total. The Hall–Kier alpha value is -1.39. The average Bonchev–Trinajstić information content (AvgIpc) is 3.13. The lowest BCUT2D eigenvalue weighted by molar-refractivity contribution is -0.137. The highest BCUT2D eigenvalue weighted by molar-refractivity contribution is 7.99. The minimum atomic E-state index is -4.48. The summed E-state index contributed by atoms with van der Waals surface area (Å²) in [6, 6.07) is 0.838. The van der Waals surface area contributed by atoms with Crippen molar-refractivity contribution >= 4 is 23.4 Å². The Balaban J connectivity index is 1.76. The summed E-state index contributed by atoms with van der Waals surface area (Å²) in [6.45, 7) is 1.19. The molecule has 0 radical (unpaired) electrons. The molecule has 0 aromatic carbocycles. The molecule has 0 spiro atoms. The number of hydrogen-bond donors (Lipinski definition) is 0. The summed E-state index contributed by atoms with van der Waals surface area (Å²) in [4.78, 5) is 3.76. The zero-order chi connectivity index (χ0) is 16.4. The summed E-state index contributed by atoms with van der Waals surface area (Å²) in [5.74, 6) is 0. The van der Waals surface area contributed by atoms with Gasteiger partial charge in [0.25, 0.3) is 0 Å². The quantitative estimate of drug-likeness (QED) is 0.829. The van der Waals surface area contributed by atoms with E-state index in [1.807, 2.05) is 0 Å². The van der Waals surface area contributed by atoms with E-state index in [0.717, 1.165) is 36.9 Å². The standard InChI is InChI=1S/C12H11ClF3N5OS/c13-9-4-7(12(14,15)16)5-17-10(9)23-11-18-19-20-21(11)6-8-2-1-3-22-8/h4-5,8H,1-3,6H2. The Labute approximate surface area is 138 Å². The zero-order valence-electron chi connectivity index (χ0n) is 11.6. The Kier molecular flexibility index (Phi) is 4.74. The van der Waals surface area contributed by atoms with Gasteiger partial charge in [-0.2, -0.15) is 13.2 Å². The number of hydrogen-bond acceptors (Lipinski definition) is 6. The molecule has 1 saturated heterocycles. The highest BCUT2D eigenvalue weighted by Crippen LogP contribution is 2.35. The third-order valence-corrected chi connectivity index (χ3v) is 4.62. The largest absolute Gasteiger partial charge is 0.417 e. The molecule has 1 aliphatic heterocycles. The minimum absolute atomic E-state index is 0.0360. The van der Waals surface area contributed by atoms with Crippen LogP contribution >= 0.6 is 23.4 Å². The summed E-state index contributed by atoms with van der Waals surface area (Å²) in [6.07, 6.45) is -1.80. The van der Waals surface area contributed by atoms with E-state index in [0.29, 0.717) is 18.3 Å². The Morgan fingerprint density at radius 2 is 2.26 bits per heavy atom. The van der Waals surface area contributed by atoms with Gasteiger partial charge in [-0.05, 0) is 41.1 Å². The molecule has 1 aliphatic rings. The molecule has 0 aliphatic carbocycles. The van der Waals surface area contributed by atoms with Gasteiger partial charge in [0, 0.05) is 12.8 Å². The lowest BCUT2D eigenvalue weighted by Gasteiger charge is -2.11. The lowest BCUT2D eigenvalue weighted by Crippen LogP contribution is -2.16. The van der Waals surface area contributed by atoms with Crippen molar-refractivity contribution in [2.45, 2.75) is 41.8 Å². The van der Waals surface area contributed by atoms with E-state index < -0.39 is 11.7 Å². The van der Waals surface area contributed by atoms with Crippen molar-refractivity contribution in [1.29, 1.82) is 0 Å². The molecular formula is C12H11ClF3N5OS. The first-order chi connectivity index (χ1) is 10.9. The van der Waals surface area contributed by atoms with Gasteiger partial charge in [0.05, 0.1) is 23.2 Å². The second-order valence-electron chi connectivity index (χ2n) is 4.89. The summed E-state index contributed by atoms with van der Waals surface area (Å²) in [5.41, 5.74) is -0.897. The van der Waals surface area contributed by atoms with Gasteiger partial charge in [-0.3, -0.25) is 0 Å². The molecule has 11 heteroatoms. The molecule has 1 fully saturated rings. The van der Waals surface area contributed by atoms with Crippen molar-refractivity contribution in [3.63, 3.8) is 0 Å². The Bertz CT molecular complexity index is 690. The molecule has 2 aromatic rings. The number of tetrazole rings is 1. The van der Waals surface area contributed by atoms with Crippen LogP contribution in [-0.2, 0) is 17.5 Å². The number of pyridine rings is 1. The second-order valence-corrected chi connectivity index (χ2v) is 6.25. The van der Waals surface area contributed by atoms with E-state index in [4.69, 9.17) is 16.3 Å². The smallest absolute Gasteiger partial charge is 0.376 e. The van der Waals surface area contributed by atoms with E-state index in [1.165, 1.54) is 4.68 Å². The van der Waals surface area contributed by atoms with Gasteiger partial charge in [-0.15, -0.1) is 5.10 Å². The Morgan fingerprint density at radius 3 is 2.91 bits per heavy atom. The molecule has 0 amide bonds. The van der Waals surface area contributed by atoms with Crippen molar-refractivity contribution in [3.05, 3.63) is 22.8 Å². The van der Waals surface area contributed by atoms with Gasteiger partial charge in [-0.1, -0.05) is 11.6 Å². The third-order valence-electron chi connectivity index (χ3n) is 3.22. The molecule has 1 unspecified atom stereocenters. The fraction of sp³-hybridized carbons (Fsp3) is 0.500. The number of rotatable bonds is 4. The number of aromatic nitrogens is 5. The van der Waals surface area contributed by atoms with E-state index in [1.54, 1.807) is 0 Å². The van der Waals surface area contributed by atoms with Crippen LogP contribution in [0.2, 0.25) is 5.02 Å². The van der Waals surface area contributed by atoms with Crippen LogP contribution in [0.3, 0.4) is 0 Å². The molecule has 3 rings (SSSR count). The Morgan fingerprint density at radius 1 is 1.43 bits per heavy atom. The van der Waals surface area contributed by atoms with Crippen LogP contribution in [0, 0.1) is 0 Å². The normalized spacial score (nSPS) is 18.5. The van der Waals surface area contributed by atoms with Crippen LogP contribution in [-0.4, -0.2) is 37.9 Å². The molecule has 0 saturated carbocycles. The van der Waals surface area contributed by atoms with Gasteiger partial charge >= 0.3 is 6.18 Å². The predicted molar refractivity (Wildman–Crippen MR) is 75.2 cm³/mol. The van der Waals surface area contributed by atoms with Crippen molar-refractivity contribution in [2.75, 3.05) is 6.61 Å².